The molecule has 0 saturated carbocycles. The number of ether oxygens (including phenoxy) is 1. The fraction of sp³-hybridized carbons (Fsp3) is 0.222. The Balaban J connectivity index is 0.000000199. The first-order valence-corrected chi connectivity index (χ1v) is 21.9. The van der Waals surface area contributed by atoms with Gasteiger partial charge in [0.1, 0.15) is 5.75 Å². The highest BCUT2D eigenvalue weighted by atomic mass is 79.9. The third kappa shape index (κ3) is 12.0. The van der Waals surface area contributed by atoms with Gasteiger partial charge in [-0.15, -0.1) is 0 Å². The van der Waals surface area contributed by atoms with Gasteiger partial charge in [-0.1, -0.05) is 114 Å². The molecule has 62 heavy (non-hydrogen) atoms. The average Bonchev–Trinajstić information content (AvgIpc) is 3.34. The molecule has 2 fully saturated rings. The molecule has 0 aliphatic carbocycles. The second-order valence-electron chi connectivity index (χ2n) is 14.7. The van der Waals surface area contributed by atoms with Gasteiger partial charge in [0.2, 0.25) is 0 Å². The molecule has 2 aliphatic heterocycles. The van der Waals surface area contributed by atoms with Gasteiger partial charge in [0, 0.05) is 77.1 Å². The second kappa shape index (κ2) is 22.3. The lowest BCUT2D eigenvalue weighted by Gasteiger charge is -2.38. The minimum Gasteiger partial charge on any atom is -0.495 e. The fourth-order valence-corrected chi connectivity index (χ4v) is 7.52. The van der Waals surface area contributed by atoms with Crippen molar-refractivity contribution in [1.29, 1.82) is 0 Å². The van der Waals surface area contributed by atoms with Crippen LogP contribution in [0.1, 0.15) is 75.2 Å². The van der Waals surface area contributed by atoms with Crippen molar-refractivity contribution in [3.8, 4) is 29.4 Å². The van der Waals surface area contributed by atoms with Crippen LogP contribution >= 0.6 is 15.9 Å². The molecule has 6 aromatic carbocycles. The summed E-state index contributed by atoms with van der Waals surface area (Å²) in [7, 11) is 1.69. The Hall–Kier alpha value is -6.58. The van der Waals surface area contributed by atoms with Crippen molar-refractivity contribution in [2.45, 2.75) is 32.3 Å². The van der Waals surface area contributed by atoms with Crippen molar-refractivity contribution in [1.82, 2.24) is 9.80 Å². The molecule has 0 unspecified atom stereocenters. The van der Waals surface area contributed by atoms with E-state index >= 15 is 0 Å². The minimum atomic E-state index is -0.881. The number of anilines is 1. The van der Waals surface area contributed by atoms with Crippen molar-refractivity contribution in [2.75, 3.05) is 51.3 Å². The van der Waals surface area contributed by atoms with Crippen LogP contribution in [0.25, 0.3) is 0 Å². The smallest absolute Gasteiger partial charge is 0.253 e. The molecule has 1 N–H and O–H groups in total. The number of likely N-dealkylation sites (tertiary alicyclic amines) is 1. The molecule has 7 nitrogen and oxygen atoms in total. The molecule has 0 aromatic heterocycles. The SMILES string of the molecule is CC.COc1ccccc1N1CCN(C(=O)c2ccc(C#Cc3ccccc3)cc2)CC1.O=C(c1ccc(C#Cc2ccccc2)cc1)N1CCC(O)(c2ccc(Br)cc2)CC1. The van der Waals surface area contributed by atoms with Crippen molar-refractivity contribution in [2.24, 2.45) is 0 Å². The lowest BCUT2D eigenvalue weighted by atomic mass is 9.84. The van der Waals surface area contributed by atoms with E-state index in [0.29, 0.717) is 50.1 Å². The summed E-state index contributed by atoms with van der Waals surface area (Å²) in [5, 5.41) is 11.0. The summed E-state index contributed by atoms with van der Waals surface area (Å²) in [6.45, 7) is 8.00. The molecule has 0 bridgehead atoms. The number of aliphatic hydroxyl groups is 1. The first kappa shape index (κ1) is 45.0. The summed E-state index contributed by atoms with van der Waals surface area (Å²) >= 11 is 3.43. The molecule has 0 radical (unpaired) electrons. The van der Waals surface area contributed by atoms with Crippen LogP contribution in [0.2, 0.25) is 0 Å². The highest BCUT2D eigenvalue weighted by Gasteiger charge is 2.35. The van der Waals surface area contributed by atoms with Gasteiger partial charge in [0.05, 0.1) is 18.4 Å². The first-order valence-electron chi connectivity index (χ1n) is 21.1. The zero-order valence-corrected chi connectivity index (χ0v) is 37.1. The maximum Gasteiger partial charge on any atom is 0.253 e. The van der Waals surface area contributed by atoms with E-state index in [2.05, 4.69) is 50.6 Å². The number of benzene rings is 6. The molecule has 2 amide bonds. The lowest BCUT2D eigenvalue weighted by molar-refractivity contribution is -0.0211. The number of para-hydroxylation sites is 2. The molecule has 8 rings (SSSR count). The van der Waals surface area contributed by atoms with Gasteiger partial charge in [-0.3, -0.25) is 9.59 Å². The van der Waals surface area contributed by atoms with E-state index in [9.17, 15) is 14.7 Å². The third-order valence-electron chi connectivity index (χ3n) is 10.8. The van der Waals surface area contributed by atoms with Gasteiger partial charge in [0.15, 0.2) is 0 Å². The predicted molar refractivity (Wildman–Crippen MR) is 253 cm³/mol. The Morgan fingerprint density at radius 2 is 0.935 bits per heavy atom. The number of amides is 2. The van der Waals surface area contributed by atoms with Gasteiger partial charge >= 0.3 is 0 Å². The van der Waals surface area contributed by atoms with Crippen molar-refractivity contribution in [3.05, 3.63) is 201 Å². The van der Waals surface area contributed by atoms with Gasteiger partial charge in [-0.05, 0) is 115 Å². The molecular weight excluding hydrogens is 835 g/mol. The van der Waals surface area contributed by atoms with E-state index in [0.717, 1.165) is 56.8 Å². The van der Waals surface area contributed by atoms with E-state index < -0.39 is 5.60 Å². The quantitative estimate of drug-likeness (QED) is 0.175. The summed E-state index contributed by atoms with van der Waals surface area (Å²) in [5.41, 5.74) is 6.16. The molecule has 2 saturated heterocycles. The lowest BCUT2D eigenvalue weighted by Crippen LogP contribution is -2.48. The predicted octanol–water partition coefficient (Wildman–Crippen LogP) is 10.1. The van der Waals surface area contributed by atoms with Crippen LogP contribution in [0.5, 0.6) is 5.75 Å². The van der Waals surface area contributed by atoms with Crippen LogP contribution in [0, 0.1) is 23.7 Å². The maximum absolute atomic E-state index is 12.9. The van der Waals surface area contributed by atoms with Crippen LogP contribution < -0.4 is 9.64 Å². The van der Waals surface area contributed by atoms with E-state index in [-0.39, 0.29) is 11.8 Å². The summed E-state index contributed by atoms with van der Waals surface area (Å²) in [5.74, 6) is 13.5. The number of carbonyl (C=O) groups is 2. The van der Waals surface area contributed by atoms with Gasteiger partial charge in [-0.2, -0.15) is 0 Å². The van der Waals surface area contributed by atoms with Crippen LogP contribution in [0.15, 0.2) is 162 Å². The standard InChI is InChI=1S/C26H22BrNO2.C26H24N2O2.C2H6/c27-24-14-12-23(13-15-24)26(30)16-18-28(19-17-26)25(29)22-10-8-21(9-11-22)7-6-20-4-2-1-3-5-20;1-30-25-10-6-5-9-24(25)27-17-19-28(20-18-27)26(29)23-15-13-22(14-16-23)12-11-21-7-3-2-4-8-21;1-2/h1-5,8-15,30H,16-19H2;2-10,13-16H,17-20H2,1H3;1-2H3. The van der Waals surface area contributed by atoms with E-state index in [1.807, 2.05) is 175 Å². The molecule has 2 aliphatic rings. The monoisotopic (exact) mass is 885 g/mol. The Kier molecular flexibility index (Phi) is 16.2. The highest BCUT2D eigenvalue weighted by Crippen LogP contribution is 2.34. The van der Waals surface area contributed by atoms with Gasteiger partial charge in [0.25, 0.3) is 11.8 Å². The third-order valence-corrected chi connectivity index (χ3v) is 11.3. The van der Waals surface area contributed by atoms with Crippen molar-refractivity contribution < 1.29 is 19.4 Å². The number of rotatable bonds is 5. The molecule has 0 atom stereocenters. The minimum absolute atomic E-state index is 0.00424. The molecule has 2 heterocycles. The Morgan fingerprint density at radius 3 is 1.39 bits per heavy atom. The number of carbonyl (C=O) groups excluding carboxylic acids is 2. The van der Waals surface area contributed by atoms with Crippen molar-refractivity contribution >= 4 is 33.4 Å². The number of hydrogen-bond acceptors (Lipinski definition) is 5. The number of piperidine rings is 1. The van der Waals surface area contributed by atoms with Crippen LogP contribution in [0.3, 0.4) is 0 Å². The summed E-state index contributed by atoms with van der Waals surface area (Å²) in [6, 6.07) is 50.4. The van der Waals surface area contributed by atoms with Crippen LogP contribution in [-0.4, -0.2) is 73.1 Å². The number of hydrogen-bond donors (Lipinski definition) is 1. The number of nitrogens with zero attached hydrogens (tertiary/aromatic N) is 3. The second-order valence-corrected chi connectivity index (χ2v) is 15.6. The topological polar surface area (TPSA) is 73.3 Å². The Morgan fingerprint density at radius 1 is 0.532 bits per heavy atom. The number of methoxy groups -OCH3 is 1. The number of halogens is 1. The summed E-state index contributed by atoms with van der Waals surface area (Å²) < 4.78 is 6.45. The zero-order valence-electron chi connectivity index (χ0n) is 35.6. The Bertz CT molecular complexity index is 2490. The van der Waals surface area contributed by atoms with Gasteiger partial charge in [-0.25, -0.2) is 0 Å². The largest absolute Gasteiger partial charge is 0.495 e. The summed E-state index contributed by atoms with van der Waals surface area (Å²) in [6.07, 6.45) is 1.06. The van der Waals surface area contributed by atoms with Gasteiger partial charge < -0.3 is 24.5 Å². The fourth-order valence-electron chi connectivity index (χ4n) is 7.26. The van der Waals surface area contributed by atoms with Crippen molar-refractivity contribution in [3.63, 3.8) is 0 Å². The molecule has 314 valence electrons. The maximum atomic E-state index is 12.9. The van der Waals surface area contributed by atoms with E-state index in [4.69, 9.17) is 4.74 Å². The highest BCUT2D eigenvalue weighted by molar-refractivity contribution is 9.10. The molecule has 0 spiro atoms. The first-order chi connectivity index (χ1) is 30.3. The Labute approximate surface area is 375 Å². The zero-order chi connectivity index (χ0) is 43.7. The molecular formula is C54H52BrN3O4. The normalized spacial score (nSPS) is 13.9. The molecule has 8 heteroatoms. The number of piperazine rings is 1. The van der Waals surface area contributed by atoms with E-state index in [1.165, 1.54) is 0 Å². The van der Waals surface area contributed by atoms with Crippen LogP contribution in [-0.2, 0) is 5.60 Å². The van der Waals surface area contributed by atoms with Crippen LogP contribution in [0.4, 0.5) is 5.69 Å². The van der Waals surface area contributed by atoms with E-state index in [1.54, 1.807) is 7.11 Å². The average molecular weight is 887 g/mol. The summed E-state index contributed by atoms with van der Waals surface area (Å²) in [4.78, 5) is 31.8. The molecule has 6 aromatic rings.